The van der Waals surface area contributed by atoms with Crippen LogP contribution in [0.4, 0.5) is 0 Å². The maximum absolute atomic E-state index is 4.48. The number of rotatable bonds is 4. The molecule has 1 heterocycles. The van der Waals surface area contributed by atoms with Crippen LogP contribution in [0.15, 0.2) is 78.9 Å². The fraction of sp³-hybridized carbons (Fsp3) is 0.100. The number of hydrogen-bond acceptors (Lipinski definition) is 2. The van der Waals surface area contributed by atoms with Crippen LogP contribution < -0.4 is 4.46 Å². The number of benzene rings is 3. The van der Waals surface area contributed by atoms with E-state index in [0.717, 1.165) is 11.0 Å². The number of aryl methyl sites for hydroxylation is 1. The number of para-hydroxylation sites is 1. The summed E-state index contributed by atoms with van der Waals surface area (Å²) in [6.45, 7) is 2.13. The molecule has 0 aliphatic heterocycles. The molecule has 0 aliphatic rings. The second-order valence-corrected chi connectivity index (χ2v) is 8.14. The molecule has 0 aliphatic carbocycles. The number of nitrogens with zero attached hydrogens (tertiary/aromatic N) is 3. The first-order chi connectivity index (χ1) is 11.8. The van der Waals surface area contributed by atoms with Crippen molar-refractivity contribution >= 4 is 30.5 Å². The molecule has 4 heteroatoms. The number of hydrogen-bond donors (Lipinski definition) is 0. The van der Waals surface area contributed by atoms with Crippen molar-refractivity contribution in [1.29, 1.82) is 0 Å². The second-order valence-electron chi connectivity index (χ2n) is 5.72. The standard InChI is InChI=1S/C20H17N3Se/c1-15-8-7-9-16(14-15)20(24-17-10-3-2-4-11-17)23-19-13-6-5-12-18(19)21-22-23/h2-14,20H,1H3. The average Bonchev–Trinajstić information content (AvgIpc) is 3.04. The number of aromatic nitrogens is 3. The second kappa shape index (κ2) is 6.60. The molecule has 0 saturated carbocycles. The monoisotopic (exact) mass is 379 g/mol. The van der Waals surface area contributed by atoms with Gasteiger partial charge in [-0.05, 0) is 0 Å². The molecular formula is C20H17N3Se. The number of fused-ring (bicyclic) bond motifs is 1. The van der Waals surface area contributed by atoms with Crippen molar-refractivity contribution < 1.29 is 0 Å². The predicted molar refractivity (Wildman–Crippen MR) is 98.7 cm³/mol. The van der Waals surface area contributed by atoms with E-state index >= 15 is 0 Å². The van der Waals surface area contributed by atoms with Gasteiger partial charge in [-0.3, -0.25) is 0 Å². The van der Waals surface area contributed by atoms with Gasteiger partial charge in [0, 0.05) is 0 Å². The molecule has 0 N–H and O–H groups in total. The quantitative estimate of drug-likeness (QED) is 0.510. The zero-order chi connectivity index (χ0) is 16.4. The van der Waals surface area contributed by atoms with Crippen molar-refractivity contribution in [2.45, 2.75) is 11.9 Å². The summed E-state index contributed by atoms with van der Waals surface area (Å²) in [5.74, 6) is 0. The molecule has 0 amide bonds. The van der Waals surface area contributed by atoms with Crippen LogP contribution in [0.1, 0.15) is 16.1 Å². The molecule has 0 saturated heterocycles. The minimum atomic E-state index is 0.187. The summed E-state index contributed by atoms with van der Waals surface area (Å²) in [4.78, 5) is 0.187. The normalized spacial score (nSPS) is 12.4. The van der Waals surface area contributed by atoms with Crippen LogP contribution in [0.3, 0.4) is 0 Å². The van der Waals surface area contributed by atoms with Gasteiger partial charge in [0.25, 0.3) is 0 Å². The Labute approximate surface area is 147 Å². The van der Waals surface area contributed by atoms with Crippen molar-refractivity contribution in [3.8, 4) is 0 Å². The van der Waals surface area contributed by atoms with Gasteiger partial charge in [-0.25, -0.2) is 0 Å². The van der Waals surface area contributed by atoms with E-state index in [0.29, 0.717) is 0 Å². The van der Waals surface area contributed by atoms with E-state index in [1.54, 1.807) is 0 Å². The van der Waals surface area contributed by atoms with Gasteiger partial charge >= 0.3 is 147 Å². The van der Waals surface area contributed by atoms with Gasteiger partial charge in [-0.15, -0.1) is 0 Å². The Kier molecular flexibility index (Phi) is 4.16. The Hall–Kier alpha value is -2.42. The van der Waals surface area contributed by atoms with Gasteiger partial charge in [0.2, 0.25) is 0 Å². The van der Waals surface area contributed by atoms with E-state index < -0.39 is 0 Å². The summed E-state index contributed by atoms with van der Waals surface area (Å²) >= 11 is 0.214. The summed E-state index contributed by atoms with van der Waals surface area (Å²) in [7, 11) is 0. The Morgan fingerprint density at radius 1 is 0.875 bits per heavy atom. The fourth-order valence-electron chi connectivity index (χ4n) is 2.77. The Morgan fingerprint density at radius 3 is 2.50 bits per heavy atom. The van der Waals surface area contributed by atoms with Crippen LogP contribution in [-0.4, -0.2) is 30.0 Å². The first-order valence-electron chi connectivity index (χ1n) is 7.89. The topological polar surface area (TPSA) is 30.7 Å². The van der Waals surface area contributed by atoms with Crippen LogP contribution >= 0.6 is 0 Å². The third-order valence-corrected chi connectivity index (χ3v) is 6.52. The molecule has 0 radical (unpaired) electrons. The van der Waals surface area contributed by atoms with E-state index in [-0.39, 0.29) is 19.9 Å². The molecule has 24 heavy (non-hydrogen) atoms. The first kappa shape index (κ1) is 15.1. The Bertz CT molecular complexity index is 963. The van der Waals surface area contributed by atoms with Crippen LogP contribution in [0.5, 0.6) is 0 Å². The zero-order valence-electron chi connectivity index (χ0n) is 13.3. The van der Waals surface area contributed by atoms with Crippen molar-refractivity contribution in [2.24, 2.45) is 0 Å². The van der Waals surface area contributed by atoms with Crippen LogP contribution in [0, 0.1) is 6.92 Å². The van der Waals surface area contributed by atoms with Crippen molar-refractivity contribution in [3.05, 3.63) is 90.0 Å². The van der Waals surface area contributed by atoms with Gasteiger partial charge in [-0.2, -0.15) is 0 Å². The summed E-state index contributed by atoms with van der Waals surface area (Å²) in [5, 5.41) is 8.83. The molecule has 0 spiro atoms. The Morgan fingerprint density at radius 2 is 1.67 bits per heavy atom. The Balaban J connectivity index is 1.83. The van der Waals surface area contributed by atoms with Crippen LogP contribution in [0.25, 0.3) is 11.0 Å². The van der Waals surface area contributed by atoms with Crippen molar-refractivity contribution in [2.75, 3.05) is 0 Å². The van der Waals surface area contributed by atoms with E-state index in [9.17, 15) is 0 Å². The third kappa shape index (κ3) is 2.99. The molecule has 4 rings (SSSR count). The molecule has 0 fully saturated rings. The zero-order valence-corrected chi connectivity index (χ0v) is 15.0. The van der Waals surface area contributed by atoms with E-state index in [4.69, 9.17) is 0 Å². The molecule has 4 aromatic rings. The predicted octanol–water partition coefficient (Wildman–Crippen LogP) is 3.32. The van der Waals surface area contributed by atoms with Gasteiger partial charge in [0.05, 0.1) is 0 Å². The molecule has 0 bridgehead atoms. The van der Waals surface area contributed by atoms with Gasteiger partial charge in [0.1, 0.15) is 0 Å². The summed E-state index contributed by atoms with van der Waals surface area (Å²) < 4.78 is 3.44. The fourth-order valence-corrected chi connectivity index (χ4v) is 5.10. The molecule has 1 atom stereocenters. The van der Waals surface area contributed by atoms with Gasteiger partial charge < -0.3 is 0 Å². The van der Waals surface area contributed by atoms with E-state index in [1.165, 1.54) is 15.6 Å². The summed E-state index contributed by atoms with van der Waals surface area (Å²) in [6.07, 6.45) is 0. The molecule has 3 nitrogen and oxygen atoms in total. The molecular weight excluding hydrogens is 361 g/mol. The maximum atomic E-state index is 4.48. The molecule has 3 aromatic carbocycles. The van der Waals surface area contributed by atoms with Crippen molar-refractivity contribution in [3.63, 3.8) is 0 Å². The average molecular weight is 378 g/mol. The molecule has 118 valence electrons. The van der Waals surface area contributed by atoms with Crippen molar-refractivity contribution in [1.82, 2.24) is 15.0 Å². The van der Waals surface area contributed by atoms with Crippen LogP contribution in [-0.2, 0) is 0 Å². The van der Waals surface area contributed by atoms with Crippen LogP contribution in [0.2, 0.25) is 0 Å². The van der Waals surface area contributed by atoms with Gasteiger partial charge in [-0.1, -0.05) is 0 Å². The third-order valence-electron chi connectivity index (χ3n) is 3.92. The van der Waals surface area contributed by atoms with E-state index in [1.807, 2.05) is 18.2 Å². The molecule has 1 aromatic heterocycles. The SMILES string of the molecule is Cc1cccc(C([Se]c2ccccc2)n2nnc3ccccc32)c1. The first-order valence-corrected chi connectivity index (χ1v) is 9.74. The van der Waals surface area contributed by atoms with E-state index in [2.05, 4.69) is 82.6 Å². The molecule has 1 unspecified atom stereocenters. The summed E-state index contributed by atoms with van der Waals surface area (Å²) in [6, 6.07) is 27.5. The minimum absolute atomic E-state index is 0.187. The van der Waals surface area contributed by atoms with Gasteiger partial charge in [0.15, 0.2) is 0 Å². The summed E-state index contributed by atoms with van der Waals surface area (Å²) in [5.41, 5.74) is 4.58.